The van der Waals surface area contributed by atoms with E-state index in [1.807, 2.05) is 42.6 Å². The van der Waals surface area contributed by atoms with Crippen LogP contribution in [0.5, 0.6) is 5.75 Å². The van der Waals surface area contributed by atoms with Crippen molar-refractivity contribution in [2.45, 2.75) is 52.4 Å². The van der Waals surface area contributed by atoms with Crippen molar-refractivity contribution in [3.8, 4) is 67.5 Å². The van der Waals surface area contributed by atoms with Crippen molar-refractivity contribution < 1.29 is 30.6 Å². The standard InChI is InChI=1S/C60H48N3O2.Pt/c1-59(2,3)42-30-40(31-43(35-42)60(4,5)6)41-33-51(62-52(34-41)48-19-8-11-22-55(48)64)38-15-13-16-39(29-38)58-45(20-14-28-61-58)37-24-26-54-49(32-37)46-17-7-10-21-53(46)63(54)44-25-27-57-50(36-44)47-18-9-12-23-56(47)65-57;/h7-28,30-36,64H,1-6H3;/q-1;. The first kappa shape index (κ1) is 42.9. The number of fused-ring (bicyclic) bond motifs is 6. The molecule has 7 aromatic carbocycles. The van der Waals surface area contributed by atoms with Crippen LogP contribution in [0.2, 0.25) is 0 Å². The molecule has 4 aromatic heterocycles. The molecule has 0 amide bonds. The van der Waals surface area contributed by atoms with Crippen LogP contribution in [-0.2, 0) is 31.9 Å². The SMILES string of the molecule is CC(C)(C)c1cc(-c2cc(-c3[c-]c(-c4ncccc4-c4ccc5c(c4)c4ccccc4n5-c4ccc5oc6ccccc6c5c4)ccc3)nc(-c3ccccc3O)c2)cc(C(C)(C)C)c1.[Pt]. The van der Waals surface area contributed by atoms with Gasteiger partial charge < -0.3 is 14.1 Å². The van der Waals surface area contributed by atoms with Crippen molar-refractivity contribution in [1.29, 1.82) is 0 Å². The number of furan rings is 1. The Labute approximate surface area is 399 Å². The van der Waals surface area contributed by atoms with Gasteiger partial charge in [-0.3, -0.25) is 9.97 Å². The van der Waals surface area contributed by atoms with Crippen LogP contribution in [0.4, 0.5) is 0 Å². The summed E-state index contributed by atoms with van der Waals surface area (Å²) in [7, 11) is 0. The fourth-order valence-electron chi connectivity index (χ4n) is 9.20. The number of para-hydroxylation sites is 3. The Hall–Kier alpha value is -7.07. The Morgan fingerprint density at radius 1 is 0.500 bits per heavy atom. The molecule has 0 saturated carbocycles. The molecule has 0 aliphatic heterocycles. The summed E-state index contributed by atoms with van der Waals surface area (Å²) in [4.78, 5) is 10.2. The molecule has 5 nitrogen and oxygen atoms in total. The van der Waals surface area contributed by atoms with Gasteiger partial charge in [0.25, 0.3) is 0 Å². The quantitative estimate of drug-likeness (QED) is 0.169. The van der Waals surface area contributed by atoms with Gasteiger partial charge in [-0.15, -0.1) is 24.3 Å². The first-order valence-corrected chi connectivity index (χ1v) is 22.3. The zero-order chi connectivity index (χ0) is 44.6. The zero-order valence-corrected chi connectivity index (χ0v) is 40.0. The van der Waals surface area contributed by atoms with Crippen LogP contribution < -0.4 is 0 Å². The maximum atomic E-state index is 11.1. The summed E-state index contributed by atoms with van der Waals surface area (Å²) in [6, 6.07) is 62.7. The summed E-state index contributed by atoms with van der Waals surface area (Å²) in [6.45, 7) is 13.6. The number of phenols is 1. The van der Waals surface area contributed by atoms with Gasteiger partial charge in [0.05, 0.1) is 16.7 Å². The molecule has 0 radical (unpaired) electrons. The van der Waals surface area contributed by atoms with Gasteiger partial charge in [0.1, 0.15) is 16.9 Å². The molecule has 4 heterocycles. The molecule has 0 spiro atoms. The summed E-state index contributed by atoms with van der Waals surface area (Å²) < 4.78 is 8.55. The third-order valence-electron chi connectivity index (χ3n) is 12.7. The van der Waals surface area contributed by atoms with E-state index < -0.39 is 0 Å². The third-order valence-corrected chi connectivity index (χ3v) is 12.7. The molecule has 6 heteroatoms. The third kappa shape index (κ3) is 7.61. The van der Waals surface area contributed by atoms with E-state index in [0.717, 1.165) is 88.8 Å². The van der Waals surface area contributed by atoms with Gasteiger partial charge in [0.2, 0.25) is 0 Å². The van der Waals surface area contributed by atoms with Crippen molar-refractivity contribution in [2.75, 3.05) is 0 Å². The molecule has 0 bridgehead atoms. The van der Waals surface area contributed by atoms with Crippen molar-refractivity contribution in [3.63, 3.8) is 0 Å². The fourth-order valence-corrected chi connectivity index (χ4v) is 9.20. The van der Waals surface area contributed by atoms with E-state index >= 15 is 0 Å². The van der Waals surface area contributed by atoms with Crippen molar-refractivity contribution >= 4 is 43.7 Å². The topological polar surface area (TPSA) is 64.1 Å². The Morgan fingerprint density at radius 3 is 1.94 bits per heavy atom. The number of hydrogen-bond donors (Lipinski definition) is 1. The molecule has 0 unspecified atom stereocenters. The van der Waals surface area contributed by atoms with Gasteiger partial charge in [-0.25, -0.2) is 0 Å². The molecule has 1 N–H and O–H groups in total. The van der Waals surface area contributed by atoms with Crippen molar-refractivity contribution in [3.05, 3.63) is 193 Å². The Bertz CT molecular complexity index is 3630. The monoisotopic (exact) mass is 1040 g/mol. The second kappa shape index (κ2) is 16.4. The van der Waals surface area contributed by atoms with E-state index in [-0.39, 0.29) is 37.6 Å². The molecule has 0 fully saturated rings. The number of hydrogen-bond acceptors (Lipinski definition) is 4. The number of aromatic hydroxyl groups is 1. The molecule has 0 saturated heterocycles. The van der Waals surface area contributed by atoms with Crippen LogP contribution in [0, 0.1) is 6.07 Å². The van der Waals surface area contributed by atoms with E-state index in [1.165, 1.54) is 16.5 Å². The van der Waals surface area contributed by atoms with E-state index in [4.69, 9.17) is 14.4 Å². The number of rotatable bonds is 6. The maximum absolute atomic E-state index is 11.1. The zero-order valence-electron chi connectivity index (χ0n) is 37.8. The van der Waals surface area contributed by atoms with Gasteiger partial charge >= 0.3 is 0 Å². The first-order chi connectivity index (χ1) is 31.4. The molecular formula is C60H48N3O2Pt-. The number of aromatic nitrogens is 3. The Balaban J connectivity index is 0.00000511. The summed E-state index contributed by atoms with van der Waals surface area (Å²) in [5, 5.41) is 15.6. The van der Waals surface area contributed by atoms with Gasteiger partial charge in [0.15, 0.2) is 0 Å². The minimum absolute atomic E-state index is 0. The number of pyridine rings is 2. The second-order valence-corrected chi connectivity index (χ2v) is 19.2. The van der Waals surface area contributed by atoms with Crippen LogP contribution in [0.3, 0.4) is 0 Å². The van der Waals surface area contributed by atoms with Crippen LogP contribution in [-0.4, -0.2) is 19.6 Å². The van der Waals surface area contributed by atoms with E-state index in [9.17, 15) is 5.11 Å². The minimum Gasteiger partial charge on any atom is -0.507 e. The van der Waals surface area contributed by atoms with Crippen LogP contribution in [0.25, 0.3) is 105 Å². The summed E-state index contributed by atoms with van der Waals surface area (Å²) >= 11 is 0. The van der Waals surface area contributed by atoms with Crippen molar-refractivity contribution in [1.82, 2.24) is 14.5 Å². The molecule has 0 atom stereocenters. The van der Waals surface area contributed by atoms with Gasteiger partial charge in [-0.2, -0.15) is 0 Å². The van der Waals surface area contributed by atoms with Gasteiger partial charge in [0, 0.05) is 71.4 Å². The van der Waals surface area contributed by atoms with Crippen LogP contribution in [0.15, 0.2) is 180 Å². The number of phenolic OH excluding ortho intramolecular Hbond substituents is 1. The normalized spacial score (nSPS) is 12.0. The maximum Gasteiger partial charge on any atom is 0.135 e. The Kier molecular flexibility index (Phi) is 10.7. The average molecular weight is 1040 g/mol. The molecule has 11 rings (SSSR count). The van der Waals surface area contributed by atoms with E-state index in [2.05, 4.69) is 180 Å². The number of nitrogens with zero attached hydrogens (tertiary/aromatic N) is 3. The van der Waals surface area contributed by atoms with Crippen molar-refractivity contribution in [2.24, 2.45) is 0 Å². The predicted molar refractivity (Wildman–Crippen MR) is 269 cm³/mol. The molecule has 11 aromatic rings. The van der Waals surface area contributed by atoms with Gasteiger partial charge in [-0.05, 0) is 111 Å². The van der Waals surface area contributed by atoms with Gasteiger partial charge in [-0.1, -0.05) is 138 Å². The predicted octanol–water partition coefficient (Wildman–Crippen LogP) is 15.9. The molecule has 0 aliphatic rings. The number of benzene rings is 7. The summed E-state index contributed by atoms with van der Waals surface area (Å²) in [5.74, 6) is 0.186. The first-order valence-electron chi connectivity index (χ1n) is 22.3. The molecule has 326 valence electrons. The smallest absolute Gasteiger partial charge is 0.135 e. The fraction of sp³-hybridized carbons (Fsp3) is 0.133. The Morgan fingerprint density at radius 2 is 1.15 bits per heavy atom. The molecule has 66 heavy (non-hydrogen) atoms. The second-order valence-electron chi connectivity index (χ2n) is 19.2. The average Bonchev–Trinajstić information content (AvgIpc) is 3.86. The summed E-state index contributed by atoms with van der Waals surface area (Å²) in [5.41, 5.74) is 16.4. The largest absolute Gasteiger partial charge is 0.507 e. The summed E-state index contributed by atoms with van der Waals surface area (Å²) in [6.07, 6.45) is 1.85. The van der Waals surface area contributed by atoms with Crippen LogP contribution >= 0.6 is 0 Å². The van der Waals surface area contributed by atoms with Crippen LogP contribution in [0.1, 0.15) is 52.7 Å². The molecule has 0 aliphatic carbocycles. The van der Waals surface area contributed by atoms with E-state index in [1.54, 1.807) is 6.07 Å². The van der Waals surface area contributed by atoms with E-state index in [0.29, 0.717) is 11.3 Å². The minimum atomic E-state index is -0.0538. The molecular weight excluding hydrogens is 990 g/mol.